The summed E-state index contributed by atoms with van der Waals surface area (Å²) in [5.41, 5.74) is 2.38. The predicted octanol–water partition coefficient (Wildman–Crippen LogP) is 2.83. The van der Waals surface area contributed by atoms with Gasteiger partial charge in [0, 0.05) is 30.4 Å². The number of aromatic amines is 1. The van der Waals surface area contributed by atoms with E-state index in [0.29, 0.717) is 23.0 Å². The van der Waals surface area contributed by atoms with Crippen molar-refractivity contribution in [3.8, 4) is 0 Å². The van der Waals surface area contributed by atoms with E-state index in [1.54, 1.807) is 11.1 Å². The molecule has 0 saturated carbocycles. The molecule has 0 radical (unpaired) electrons. The minimum Gasteiger partial charge on any atom is -0.445 e. The van der Waals surface area contributed by atoms with Crippen molar-refractivity contribution in [1.82, 2.24) is 9.88 Å². The summed E-state index contributed by atoms with van der Waals surface area (Å²) in [5.74, 6) is 0. The number of fused-ring (bicyclic) bond motifs is 1. The van der Waals surface area contributed by atoms with Gasteiger partial charge in [0.15, 0.2) is 0 Å². The minimum atomic E-state index is -0.395. The van der Waals surface area contributed by atoms with Gasteiger partial charge in [-0.25, -0.2) is 4.79 Å². The molecule has 1 aliphatic heterocycles. The maximum Gasteiger partial charge on any atom is 0.410 e. The van der Waals surface area contributed by atoms with E-state index in [1.807, 2.05) is 30.3 Å². The van der Waals surface area contributed by atoms with Crippen molar-refractivity contribution in [2.75, 3.05) is 6.54 Å². The molecule has 2 aromatic rings. The Balaban J connectivity index is 1.68. The normalized spacial score (nSPS) is 13.6. The molecule has 1 amide bonds. The number of carbonyl (C=O) groups excluding carboxylic acids is 1. The number of hydrogen-bond acceptors (Lipinski definition) is 3. The van der Waals surface area contributed by atoms with Crippen LogP contribution < -0.4 is 5.43 Å². The van der Waals surface area contributed by atoms with E-state index in [4.69, 9.17) is 4.74 Å². The van der Waals surface area contributed by atoms with Crippen molar-refractivity contribution < 1.29 is 9.53 Å². The minimum absolute atomic E-state index is 0.0747. The van der Waals surface area contributed by atoms with Gasteiger partial charge in [-0.1, -0.05) is 30.3 Å². The number of rotatable bonds is 2. The number of pyridine rings is 1. The third kappa shape index (κ3) is 3.06. The Hall–Kier alpha value is -2.08. The topological polar surface area (TPSA) is 62.4 Å². The van der Waals surface area contributed by atoms with Gasteiger partial charge in [-0.15, -0.1) is 0 Å². The zero-order valence-electron chi connectivity index (χ0n) is 11.8. The van der Waals surface area contributed by atoms with Crippen LogP contribution in [0.5, 0.6) is 0 Å². The van der Waals surface area contributed by atoms with Gasteiger partial charge in [0.2, 0.25) is 5.43 Å². The van der Waals surface area contributed by atoms with Crippen molar-refractivity contribution in [3.05, 3.63) is 68.0 Å². The Kier molecular flexibility index (Phi) is 4.29. The van der Waals surface area contributed by atoms with Crippen molar-refractivity contribution in [3.63, 3.8) is 0 Å². The molecular weight excluding hydrogens is 348 g/mol. The number of aromatic nitrogens is 1. The van der Waals surface area contributed by atoms with E-state index in [-0.39, 0.29) is 18.6 Å². The quantitative estimate of drug-likeness (QED) is 0.893. The SMILES string of the molecule is O=C(OCc1ccccc1)N1CCc2[nH]cc(Br)c(=O)c2C1. The fourth-order valence-electron chi connectivity index (χ4n) is 2.46. The lowest BCUT2D eigenvalue weighted by Crippen LogP contribution is -2.39. The molecule has 1 aromatic heterocycles. The summed E-state index contributed by atoms with van der Waals surface area (Å²) in [5, 5.41) is 0. The lowest BCUT2D eigenvalue weighted by atomic mass is 10.1. The maximum absolute atomic E-state index is 12.2. The fraction of sp³-hybridized carbons (Fsp3) is 0.250. The van der Waals surface area contributed by atoms with Crippen LogP contribution in [0.25, 0.3) is 0 Å². The number of halogens is 1. The number of amides is 1. The summed E-state index contributed by atoms with van der Waals surface area (Å²) in [6.45, 7) is 1.05. The van der Waals surface area contributed by atoms with Crippen LogP contribution in [0, 0.1) is 0 Å². The Labute approximate surface area is 136 Å². The molecule has 0 saturated heterocycles. The van der Waals surface area contributed by atoms with Gasteiger partial charge >= 0.3 is 6.09 Å². The highest BCUT2D eigenvalue weighted by Crippen LogP contribution is 2.17. The van der Waals surface area contributed by atoms with Crippen LogP contribution in [0.15, 0.2) is 45.8 Å². The Morgan fingerprint density at radius 3 is 2.86 bits per heavy atom. The molecule has 0 atom stereocenters. The first kappa shape index (κ1) is 14.8. The van der Waals surface area contributed by atoms with Crippen LogP contribution in [0.3, 0.4) is 0 Å². The van der Waals surface area contributed by atoms with Gasteiger partial charge in [-0.3, -0.25) is 4.79 Å². The number of nitrogens with zero attached hydrogens (tertiary/aromatic N) is 1. The van der Waals surface area contributed by atoms with Gasteiger partial charge in [0.05, 0.1) is 11.0 Å². The standard InChI is InChI=1S/C16H15BrN2O3/c17-13-8-18-14-6-7-19(9-12(14)15(13)20)16(21)22-10-11-4-2-1-3-5-11/h1-5,8H,6-7,9-10H2,(H,18,20). The van der Waals surface area contributed by atoms with Crippen LogP contribution in [-0.4, -0.2) is 22.5 Å². The number of H-pyrrole nitrogens is 1. The Morgan fingerprint density at radius 1 is 1.32 bits per heavy atom. The van der Waals surface area contributed by atoms with Gasteiger partial charge in [0.25, 0.3) is 0 Å². The summed E-state index contributed by atoms with van der Waals surface area (Å²) in [4.78, 5) is 28.9. The van der Waals surface area contributed by atoms with E-state index in [1.165, 1.54) is 0 Å². The van der Waals surface area contributed by atoms with Crippen molar-refractivity contribution in [2.45, 2.75) is 19.6 Å². The van der Waals surface area contributed by atoms with Crippen LogP contribution >= 0.6 is 15.9 Å². The second kappa shape index (κ2) is 6.36. The number of benzene rings is 1. The largest absolute Gasteiger partial charge is 0.445 e. The van der Waals surface area contributed by atoms with Gasteiger partial charge in [-0.05, 0) is 21.5 Å². The Morgan fingerprint density at radius 2 is 2.09 bits per heavy atom. The molecule has 5 nitrogen and oxygen atoms in total. The summed E-state index contributed by atoms with van der Waals surface area (Å²) in [7, 11) is 0. The number of carbonyl (C=O) groups is 1. The summed E-state index contributed by atoms with van der Waals surface area (Å²) < 4.78 is 5.79. The summed E-state index contributed by atoms with van der Waals surface area (Å²) in [6.07, 6.45) is 1.87. The van der Waals surface area contributed by atoms with E-state index >= 15 is 0 Å². The molecule has 1 aromatic carbocycles. The lowest BCUT2D eigenvalue weighted by Gasteiger charge is -2.27. The third-order valence-corrected chi connectivity index (χ3v) is 4.26. The van der Waals surface area contributed by atoms with Crippen LogP contribution in [0.1, 0.15) is 16.8 Å². The lowest BCUT2D eigenvalue weighted by molar-refractivity contribution is 0.0914. The molecule has 22 heavy (non-hydrogen) atoms. The summed E-state index contributed by atoms with van der Waals surface area (Å²) >= 11 is 3.21. The molecule has 0 aliphatic carbocycles. The average Bonchev–Trinajstić information content (AvgIpc) is 2.57. The molecule has 1 N–H and O–H groups in total. The first-order valence-electron chi connectivity index (χ1n) is 6.99. The van der Waals surface area contributed by atoms with Crippen molar-refractivity contribution in [1.29, 1.82) is 0 Å². The number of ether oxygens (including phenoxy) is 1. The molecular formula is C16H15BrN2O3. The van der Waals surface area contributed by atoms with E-state index < -0.39 is 6.09 Å². The highest BCUT2D eigenvalue weighted by Gasteiger charge is 2.24. The van der Waals surface area contributed by atoms with Crippen molar-refractivity contribution >= 4 is 22.0 Å². The maximum atomic E-state index is 12.2. The van der Waals surface area contributed by atoms with E-state index in [0.717, 1.165) is 11.3 Å². The predicted molar refractivity (Wildman–Crippen MR) is 85.5 cm³/mol. The second-order valence-corrected chi connectivity index (χ2v) is 5.99. The zero-order chi connectivity index (χ0) is 15.5. The first-order chi connectivity index (χ1) is 10.6. The highest BCUT2D eigenvalue weighted by molar-refractivity contribution is 9.10. The van der Waals surface area contributed by atoms with Crippen LogP contribution in [-0.2, 0) is 24.3 Å². The van der Waals surface area contributed by atoms with Gasteiger partial charge in [0.1, 0.15) is 6.61 Å². The van der Waals surface area contributed by atoms with Crippen LogP contribution in [0.4, 0.5) is 4.79 Å². The molecule has 3 rings (SSSR count). The monoisotopic (exact) mass is 362 g/mol. The molecule has 0 unspecified atom stereocenters. The van der Waals surface area contributed by atoms with E-state index in [2.05, 4.69) is 20.9 Å². The number of hydrogen-bond donors (Lipinski definition) is 1. The summed E-state index contributed by atoms with van der Waals surface area (Å²) in [6, 6.07) is 9.52. The smallest absolute Gasteiger partial charge is 0.410 e. The second-order valence-electron chi connectivity index (χ2n) is 5.13. The van der Waals surface area contributed by atoms with Gasteiger partial charge < -0.3 is 14.6 Å². The molecule has 114 valence electrons. The molecule has 2 heterocycles. The van der Waals surface area contributed by atoms with Crippen molar-refractivity contribution in [2.24, 2.45) is 0 Å². The molecule has 0 fully saturated rings. The average molecular weight is 363 g/mol. The Bertz CT molecular complexity index is 743. The van der Waals surface area contributed by atoms with Gasteiger partial charge in [-0.2, -0.15) is 0 Å². The zero-order valence-corrected chi connectivity index (χ0v) is 13.4. The van der Waals surface area contributed by atoms with Crippen LogP contribution in [0.2, 0.25) is 0 Å². The van der Waals surface area contributed by atoms with E-state index in [9.17, 15) is 9.59 Å². The molecule has 6 heteroatoms. The molecule has 1 aliphatic rings. The molecule has 0 bridgehead atoms. The first-order valence-corrected chi connectivity index (χ1v) is 7.79. The third-order valence-electron chi connectivity index (χ3n) is 3.67. The highest BCUT2D eigenvalue weighted by atomic mass is 79.9. The fourth-order valence-corrected chi connectivity index (χ4v) is 2.81. The molecule has 0 spiro atoms. The number of nitrogens with one attached hydrogen (secondary N) is 1.